The summed E-state index contributed by atoms with van der Waals surface area (Å²) in [7, 11) is 0. The van der Waals surface area contributed by atoms with E-state index in [1.54, 1.807) is 4.90 Å². The first-order chi connectivity index (χ1) is 10.8. The maximum atomic E-state index is 12.0. The van der Waals surface area contributed by atoms with Crippen molar-refractivity contribution < 1.29 is 9.53 Å². The van der Waals surface area contributed by atoms with Crippen molar-refractivity contribution in [2.45, 2.75) is 13.0 Å². The summed E-state index contributed by atoms with van der Waals surface area (Å²) in [5.41, 5.74) is 6.40. The molecule has 1 aromatic carbocycles. The molecule has 118 valence electrons. The van der Waals surface area contributed by atoms with E-state index in [2.05, 4.69) is 16.7 Å². The Kier molecular flexibility index (Phi) is 6.75. The van der Waals surface area contributed by atoms with Crippen molar-refractivity contribution in [3.05, 3.63) is 35.9 Å². The van der Waals surface area contributed by atoms with E-state index in [-0.39, 0.29) is 6.09 Å². The Hall–Kier alpha value is -2.03. The Labute approximate surface area is 132 Å². The van der Waals surface area contributed by atoms with Crippen molar-refractivity contribution >= 4 is 6.09 Å². The van der Waals surface area contributed by atoms with Gasteiger partial charge in [0.15, 0.2) is 0 Å². The number of hydrogen-bond acceptors (Lipinski definition) is 4. The smallest absolute Gasteiger partial charge is 0.410 e. The molecule has 0 atom stereocenters. The lowest BCUT2D eigenvalue weighted by molar-refractivity contribution is 0.0745. The molecule has 0 spiro atoms. The van der Waals surface area contributed by atoms with Crippen LogP contribution in [0.1, 0.15) is 12.0 Å². The van der Waals surface area contributed by atoms with Gasteiger partial charge in [0.2, 0.25) is 0 Å². The van der Waals surface area contributed by atoms with E-state index < -0.39 is 0 Å². The average molecular weight is 301 g/mol. The lowest BCUT2D eigenvalue weighted by atomic mass is 10.2. The molecule has 1 heterocycles. The van der Waals surface area contributed by atoms with Crippen LogP contribution < -0.4 is 5.73 Å². The molecule has 0 aromatic heterocycles. The minimum atomic E-state index is -0.238. The zero-order valence-electron chi connectivity index (χ0n) is 12.8. The van der Waals surface area contributed by atoms with E-state index in [9.17, 15) is 4.79 Å². The highest BCUT2D eigenvalue weighted by molar-refractivity contribution is 5.67. The average Bonchev–Trinajstić information content (AvgIpc) is 2.58. The van der Waals surface area contributed by atoms with Gasteiger partial charge in [-0.3, -0.25) is 4.90 Å². The van der Waals surface area contributed by atoms with Crippen LogP contribution >= 0.6 is 0 Å². The molecule has 5 nitrogen and oxygen atoms in total. The van der Waals surface area contributed by atoms with Gasteiger partial charge in [-0.25, -0.2) is 4.79 Å². The number of carbonyl (C=O) groups is 1. The molecule has 22 heavy (non-hydrogen) atoms. The van der Waals surface area contributed by atoms with Gasteiger partial charge in [-0.05, 0) is 5.56 Å². The molecule has 1 saturated heterocycles. The highest BCUT2D eigenvalue weighted by atomic mass is 16.6. The quantitative estimate of drug-likeness (QED) is 0.852. The maximum Gasteiger partial charge on any atom is 0.410 e. The van der Waals surface area contributed by atoms with Gasteiger partial charge in [-0.15, -0.1) is 5.92 Å². The Morgan fingerprint density at radius 1 is 1.14 bits per heavy atom. The number of piperazine rings is 1. The molecular formula is C17H23N3O2. The predicted molar refractivity (Wildman–Crippen MR) is 86.1 cm³/mol. The number of ether oxygens (including phenoxy) is 1. The molecule has 5 heteroatoms. The van der Waals surface area contributed by atoms with Crippen molar-refractivity contribution in [3.8, 4) is 11.8 Å². The van der Waals surface area contributed by atoms with Crippen LogP contribution in [0, 0.1) is 11.8 Å². The first-order valence-electron chi connectivity index (χ1n) is 7.63. The molecule has 0 aliphatic carbocycles. The third-order valence-electron chi connectivity index (χ3n) is 3.53. The van der Waals surface area contributed by atoms with Gasteiger partial charge < -0.3 is 15.4 Å². The van der Waals surface area contributed by atoms with E-state index in [1.807, 2.05) is 30.3 Å². The fourth-order valence-corrected chi connectivity index (χ4v) is 2.23. The zero-order chi connectivity index (χ0) is 15.6. The minimum Gasteiger partial charge on any atom is -0.445 e. The maximum absolute atomic E-state index is 12.0. The molecule has 1 aliphatic rings. The number of carbonyl (C=O) groups excluding carboxylic acids is 1. The van der Waals surface area contributed by atoms with Crippen LogP contribution in [-0.4, -0.2) is 55.2 Å². The summed E-state index contributed by atoms with van der Waals surface area (Å²) in [6.07, 6.45) is 0.504. The Balaban J connectivity index is 1.68. The van der Waals surface area contributed by atoms with Crippen LogP contribution in [0.15, 0.2) is 30.3 Å². The molecule has 0 saturated carbocycles. The van der Waals surface area contributed by atoms with Crippen LogP contribution in [0.5, 0.6) is 0 Å². The first kappa shape index (κ1) is 16.3. The standard InChI is InChI=1S/C17H23N3O2/c18-9-5-2-6-10-19-11-13-20(14-12-19)17(21)22-15-16-7-3-1-4-8-16/h1,3-4,7-8H,5,9-15,18H2. The largest absolute Gasteiger partial charge is 0.445 e. The van der Waals surface area contributed by atoms with Crippen LogP contribution in [0.4, 0.5) is 4.79 Å². The minimum absolute atomic E-state index is 0.238. The fraction of sp³-hybridized carbons (Fsp3) is 0.471. The monoisotopic (exact) mass is 301 g/mol. The normalized spacial score (nSPS) is 15.0. The summed E-state index contributed by atoms with van der Waals surface area (Å²) in [6.45, 7) is 4.71. The van der Waals surface area contributed by atoms with Gasteiger partial charge in [0.25, 0.3) is 0 Å². The summed E-state index contributed by atoms with van der Waals surface area (Å²) < 4.78 is 5.34. The van der Waals surface area contributed by atoms with E-state index in [4.69, 9.17) is 10.5 Å². The van der Waals surface area contributed by atoms with Crippen molar-refractivity contribution in [2.24, 2.45) is 5.73 Å². The topological polar surface area (TPSA) is 58.8 Å². The van der Waals surface area contributed by atoms with Crippen molar-refractivity contribution in [2.75, 3.05) is 39.3 Å². The summed E-state index contributed by atoms with van der Waals surface area (Å²) >= 11 is 0. The second kappa shape index (κ2) is 9.08. The van der Waals surface area contributed by atoms with Crippen LogP contribution in [0.3, 0.4) is 0 Å². The van der Waals surface area contributed by atoms with Crippen molar-refractivity contribution in [1.29, 1.82) is 0 Å². The molecule has 0 unspecified atom stereocenters. The van der Waals surface area contributed by atoms with Gasteiger partial charge in [0.1, 0.15) is 6.61 Å². The molecule has 2 N–H and O–H groups in total. The van der Waals surface area contributed by atoms with E-state index in [0.29, 0.717) is 26.2 Å². The molecule has 0 bridgehead atoms. The molecule has 2 rings (SSSR count). The zero-order valence-corrected chi connectivity index (χ0v) is 12.8. The van der Waals surface area contributed by atoms with Gasteiger partial charge in [-0.1, -0.05) is 36.3 Å². The van der Waals surface area contributed by atoms with E-state index in [1.165, 1.54) is 0 Å². The summed E-state index contributed by atoms with van der Waals surface area (Å²) in [6, 6.07) is 9.72. The second-order valence-corrected chi connectivity index (χ2v) is 5.20. The number of rotatable bonds is 4. The lowest BCUT2D eigenvalue weighted by Crippen LogP contribution is -2.48. The Bertz CT molecular complexity index is 514. The van der Waals surface area contributed by atoms with Gasteiger partial charge >= 0.3 is 6.09 Å². The lowest BCUT2D eigenvalue weighted by Gasteiger charge is -2.32. The summed E-state index contributed by atoms with van der Waals surface area (Å²) in [4.78, 5) is 16.0. The number of amides is 1. The number of benzene rings is 1. The predicted octanol–water partition coefficient (Wildman–Crippen LogP) is 1.29. The van der Waals surface area contributed by atoms with Gasteiger partial charge in [-0.2, -0.15) is 0 Å². The summed E-state index contributed by atoms with van der Waals surface area (Å²) in [5, 5.41) is 0. The number of nitrogens with zero attached hydrogens (tertiary/aromatic N) is 2. The Morgan fingerprint density at radius 3 is 2.55 bits per heavy atom. The van der Waals surface area contributed by atoms with E-state index in [0.717, 1.165) is 31.6 Å². The highest BCUT2D eigenvalue weighted by Crippen LogP contribution is 2.06. The third kappa shape index (κ3) is 5.40. The summed E-state index contributed by atoms with van der Waals surface area (Å²) in [5.74, 6) is 6.14. The third-order valence-corrected chi connectivity index (χ3v) is 3.53. The molecular weight excluding hydrogens is 278 g/mol. The number of hydrogen-bond donors (Lipinski definition) is 1. The molecule has 1 fully saturated rings. The number of nitrogens with two attached hydrogens (primary N) is 1. The van der Waals surface area contributed by atoms with Crippen LogP contribution in [-0.2, 0) is 11.3 Å². The second-order valence-electron chi connectivity index (χ2n) is 5.20. The fourth-order valence-electron chi connectivity index (χ4n) is 2.23. The molecule has 1 amide bonds. The van der Waals surface area contributed by atoms with Crippen LogP contribution in [0.2, 0.25) is 0 Å². The Morgan fingerprint density at radius 2 is 1.86 bits per heavy atom. The molecule has 1 aliphatic heterocycles. The SMILES string of the molecule is NCCC#CCN1CCN(C(=O)OCc2ccccc2)CC1. The van der Waals surface area contributed by atoms with Crippen LogP contribution in [0.25, 0.3) is 0 Å². The molecule has 0 radical (unpaired) electrons. The highest BCUT2D eigenvalue weighted by Gasteiger charge is 2.21. The first-order valence-corrected chi connectivity index (χ1v) is 7.63. The van der Waals surface area contributed by atoms with Gasteiger partial charge in [0, 0.05) is 39.1 Å². The van der Waals surface area contributed by atoms with Crippen molar-refractivity contribution in [3.63, 3.8) is 0 Å². The van der Waals surface area contributed by atoms with Gasteiger partial charge in [0.05, 0.1) is 6.54 Å². The molecule has 1 aromatic rings. The van der Waals surface area contributed by atoms with E-state index >= 15 is 0 Å². The van der Waals surface area contributed by atoms with Crippen molar-refractivity contribution in [1.82, 2.24) is 9.80 Å².